The zero-order chi connectivity index (χ0) is 19.5. The smallest absolute Gasteiger partial charge is 0.320 e. The molecule has 4 heterocycles. The van der Waals surface area contributed by atoms with Crippen molar-refractivity contribution >= 4 is 11.9 Å². The van der Waals surface area contributed by atoms with Crippen molar-refractivity contribution in [2.75, 3.05) is 39.4 Å². The Morgan fingerprint density at radius 2 is 2.04 bits per heavy atom. The van der Waals surface area contributed by atoms with Gasteiger partial charge in [0.2, 0.25) is 5.91 Å². The second-order valence-electron chi connectivity index (χ2n) is 9.07. The van der Waals surface area contributed by atoms with E-state index in [0.29, 0.717) is 19.0 Å². The molecule has 0 bridgehead atoms. The van der Waals surface area contributed by atoms with Crippen LogP contribution in [-0.4, -0.2) is 73.3 Å². The molecule has 4 aliphatic rings. The second kappa shape index (κ2) is 6.37. The lowest BCUT2D eigenvalue weighted by Gasteiger charge is -2.46. The van der Waals surface area contributed by atoms with Gasteiger partial charge in [-0.05, 0) is 18.1 Å². The van der Waals surface area contributed by atoms with E-state index in [1.165, 1.54) is 11.1 Å². The molecule has 1 aromatic carbocycles. The van der Waals surface area contributed by atoms with Crippen molar-refractivity contribution in [1.82, 2.24) is 15.1 Å². The summed E-state index contributed by atoms with van der Waals surface area (Å²) in [4.78, 5) is 28.2. The lowest BCUT2D eigenvalue weighted by Crippen LogP contribution is -2.63. The largest absolute Gasteiger partial charge is 0.492 e. The van der Waals surface area contributed by atoms with E-state index >= 15 is 0 Å². The maximum atomic E-state index is 12.9. The molecule has 2 atom stereocenters. The maximum Gasteiger partial charge on any atom is 0.320 e. The summed E-state index contributed by atoms with van der Waals surface area (Å²) in [6, 6.07) is 6.49. The molecule has 4 aliphatic heterocycles. The molecule has 7 nitrogen and oxygen atoms in total. The Bertz CT molecular complexity index is 818. The number of ether oxygens (including phenoxy) is 2. The van der Waals surface area contributed by atoms with E-state index in [1.54, 1.807) is 0 Å². The topological polar surface area (TPSA) is 71.1 Å². The predicted molar refractivity (Wildman–Crippen MR) is 103 cm³/mol. The van der Waals surface area contributed by atoms with Crippen LogP contribution < -0.4 is 10.1 Å². The molecular formula is C21H27N3O4. The fourth-order valence-corrected chi connectivity index (χ4v) is 4.73. The minimum absolute atomic E-state index is 0.0292. The van der Waals surface area contributed by atoms with Crippen LogP contribution in [0.3, 0.4) is 0 Å². The fraction of sp³-hybridized carbons (Fsp3) is 0.619. The van der Waals surface area contributed by atoms with Gasteiger partial charge in [-0.1, -0.05) is 26.0 Å². The molecule has 150 valence electrons. The molecule has 0 radical (unpaired) electrons. The first-order valence-electron chi connectivity index (χ1n) is 10.1. The van der Waals surface area contributed by atoms with Crippen LogP contribution in [0.1, 0.15) is 37.3 Å². The average Bonchev–Trinajstić information content (AvgIpc) is 2.94. The third-order valence-corrected chi connectivity index (χ3v) is 6.54. The molecule has 1 N–H and O–H groups in total. The molecule has 7 heteroatoms. The number of likely N-dealkylation sites (tertiary alicyclic amines) is 2. The Hall–Kier alpha value is -2.28. The Morgan fingerprint density at radius 1 is 1.21 bits per heavy atom. The van der Waals surface area contributed by atoms with E-state index in [4.69, 9.17) is 9.47 Å². The number of amides is 3. The van der Waals surface area contributed by atoms with E-state index < -0.39 is 0 Å². The molecular weight excluding hydrogens is 358 g/mol. The fourth-order valence-electron chi connectivity index (χ4n) is 4.73. The molecule has 3 saturated heterocycles. The zero-order valence-electron chi connectivity index (χ0n) is 16.4. The van der Waals surface area contributed by atoms with Gasteiger partial charge in [0, 0.05) is 43.1 Å². The van der Waals surface area contributed by atoms with Crippen molar-refractivity contribution in [2.24, 2.45) is 0 Å². The first-order valence-corrected chi connectivity index (χ1v) is 10.1. The van der Waals surface area contributed by atoms with Crippen LogP contribution in [0.25, 0.3) is 0 Å². The molecule has 0 unspecified atom stereocenters. The summed E-state index contributed by atoms with van der Waals surface area (Å²) in [6.45, 7) is 7.92. The van der Waals surface area contributed by atoms with Crippen LogP contribution in [0.5, 0.6) is 5.75 Å². The van der Waals surface area contributed by atoms with Crippen LogP contribution >= 0.6 is 0 Å². The number of hydrogen-bond donors (Lipinski definition) is 1. The highest BCUT2D eigenvalue weighted by Crippen LogP contribution is 2.41. The lowest BCUT2D eigenvalue weighted by molar-refractivity contribution is -0.139. The molecule has 3 fully saturated rings. The van der Waals surface area contributed by atoms with Crippen LogP contribution in [0.15, 0.2) is 18.2 Å². The van der Waals surface area contributed by atoms with E-state index in [1.807, 2.05) is 9.80 Å². The van der Waals surface area contributed by atoms with Crippen molar-refractivity contribution in [1.29, 1.82) is 0 Å². The monoisotopic (exact) mass is 385 g/mol. The van der Waals surface area contributed by atoms with Gasteiger partial charge in [0.1, 0.15) is 12.4 Å². The summed E-state index contributed by atoms with van der Waals surface area (Å²) in [7, 11) is 0. The standard InChI is InChI=1S/C21H27N3O4/c1-21(2)12-28-18-7-13(3-4-15(18)21)14-8-24(9-14)20(26)23-6-5-17-16(10-23)22-19(25)11-27-17/h3-4,7,14,16-17H,5-6,8-12H2,1-2H3,(H,22,25)/t16-,17+/m1/s1. The highest BCUT2D eigenvalue weighted by molar-refractivity contribution is 5.79. The van der Waals surface area contributed by atoms with Gasteiger partial charge >= 0.3 is 6.03 Å². The number of nitrogens with one attached hydrogen (secondary N) is 1. The van der Waals surface area contributed by atoms with Gasteiger partial charge in [0.05, 0.1) is 18.8 Å². The molecule has 0 aromatic heterocycles. The molecule has 3 amide bonds. The Balaban J connectivity index is 1.19. The van der Waals surface area contributed by atoms with Gasteiger partial charge in [-0.3, -0.25) is 4.79 Å². The number of carbonyl (C=O) groups is 2. The van der Waals surface area contributed by atoms with E-state index in [-0.39, 0.29) is 36.1 Å². The normalized spacial score (nSPS) is 28.7. The quantitative estimate of drug-likeness (QED) is 0.795. The highest BCUT2D eigenvalue weighted by Gasteiger charge is 2.41. The highest BCUT2D eigenvalue weighted by atomic mass is 16.5. The number of fused-ring (bicyclic) bond motifs is 2. The van der Waals surface area contributed by atoms with Gasteiger partial charge in [0.15, 0.2) is 0 Å². The summed E-state index contributed by atoms with van der Waals surface area (Å²) in [6.07, 6.45) is 0.799. The first kappa shape index (κ1) is 17.8. The van der Waals surface area contributed by atoms with Gasteiger partial charge in [-0.15, -0.1) is 0 Å². The lowest BCUT2D eigenvalue weighted by atomic mass is 9.84. The van der Waals surface area contributed by atoms with E-state index in [2.05, 4.69) is 37.4 Å². The number of morpholine rings is 1. The molecule has 0 saturated carbocycles. The molecule has 0 aliphatic carbocycles. The minimum Gasteiger partial charge on any atom is -0.492 e. The Kier molecular flexibility index (Phi) is 4.05. The first-order chi connectivity index (χ1) is 13.4. The van der Waals surface area contributed by atoms with Gasteiger partial charge in [0.25, 0.3) is 0 Å². The Morgan fingerprint density at radius 3 is 2.86 bits per heavy atom. The third kappa shape index (κ3) is 2.92. The van der Waals surface area contributed by atoms with Crippen LogP contribution in [0.4, 0.5) is 4.79 Å². The zero-order valence-corrected chi connectivity index (χ0v) is 16.4. The van der Waals surface area contributed by atoms with E-state index in [0.717, 1.165) is 31.9 Å². The summed E-state index contributed by atoms with van der Waals surface area (Å²) in [5.74, 6) is 1.25. The number of carbonyl (C=O) groups excluding carboxylic acids is 2. The predicted octanol–water partition coefficient (Wildman–Crippen LogP) is 1.47. The second-order valence-corrected chi connectivity index (χ2v) is 9.07. The van der Waals surface area contributed by atoms with E-state index in [9.17, 15) is 9.59 Å². The van der Waals surface area contributed by atoms with Crippen LogP contribution in [-0.2, 0) is 14.9 Å². The van der Waals surface area contributed by atoms with Crippen LogP contribution in [0.2, 0.25) is 0 Å². The average molecular weight is 385 g/mol. The van der Waals surface area contributed by atoms with Crippen molar-refractivity contribution in [3.63, 3.8) is 0 Å². The number of rotatable bonds is 1. The number of benzene rings is 1. The summed E-state index contributed by atoms with van der Waals surface area (Å²) < 4.78 is 11.4. The number of urea groups is 1. The Labute approximate surface area is 165 Å². The van der Waals surface area contributed by atoms with Gasteiger partial charge in [-0.25, -0.2) is 4.79 Å². The van der Waals surface area contributed by atoms with Crippen molar-refractivity contribution in [3.8, 4) is 5.75 Å². The minimum atomic E-state index is -0.0958. The van der Waals surface area contributed by atoms with Gasteiger partial charge < -0.3 is 24.6 Å². The SMILES string of the molecule is CC1(C)COc2cc(C3CN(C(=O)N4CC[C@@H]5OCC(=O)N[C@@H]5C4)C3)ccc21. The van der Waals surface area contributed by atoms with Crippen molar-refractivity contribution < 1.29 is 19.1 Å². The molecule has 1 aromatic rings. The number of hydrogen-bond acceptors (Lipinski definition) is 4. The molecule has 0 spiro atoms. The summed E-state index contributed by atoms with van der Waals surface area (Å²) >= 11 is 0. The maximum absolute atomic E-state index is 12.9. The number of nitrogens with zero attached hydrogens (tertiary/aromatic N) is 2. The molecule has 28 heavy (non-hydrogen) atoms. The van der Waals surface area contributed by atoms with Crippen LogP contribution in [0, 0.1) is 0 Å². The molecule has 5 rings (SSSR count). The summed E-state index contributed by atoms with van der Waals surface area (Å²) in [5, 5.41) is 2.95. The van der Waals surface area contributed by atoms with Crippen molar-refractivity contribution in [2.45, 2.75) is 43.7 Å². The van der Waals surface area contributed by atoms with Gasteiger partial charge in [-0.2, -0.15) is 0 Å². The summed E-state index contributed by atoms with van der Waals surface area (Å²) in [5.41, 5.74) is 2.58. The van der Waals surface area contributed by atoms with Crippen molar-refractivity contribution in [3.05, 3.63) is 29.3 Å². The third-order valence-electron chi connectivity index (χ3n) is 6.54. The number of piperidine rings is 1.